The van der Waals surface area contributed by atoms with E-state index >= 15 is 0 Å². The van der Waals surface area contributed by atoms with Gasteiger partial charge in [-0.25, -0.2) is 14.8 Å². The van der Waals surface area contributed by atoms with Crippen molar-refractivity contribution in [3.05, 3.63) is 0 Å². The number of aliphatic hydroxyl groups is 2. The fourth-order valence-electron chi connectivity index (χ4n) is 1.64. The minimum Gasteiger partial charge on any atom is -0.610 e. The number of amides is 2. The van der Waals surface area contributed by atoms with Crippen LogP contribution >= 0.6 is 82.3 Å². The predicted molar refractivity (Wildman–Crippen MR) is 176 cm³/mol. The SMILES string of the molecule is O=C(NCSCSC/N=C/[S+]([O-])CSCSCSC(=O)NCSCSC/N=C\OOCCCO)OCCCO. The fraction of sp³-hybridized carbons (Fsp3) is 0.789. The first-order valence-electron chi connectivity index (χ1n) is 11.2. The van der Waals surface area contributed by atoms with Crippen LogP contribution in [0.1, 0.15) is 12.8 Å². The maximum Gasteiger partial charge on any atom is 0.407 e. The molecule has 0 aliphatic carbocycles. The molecule has 228 valence electrons. The highest BCUT2D eigenvalue weighted by atomic mass is 32.3. The standard InChI is InChI=1S/C19H36N4O8S8/c24-3-1-5-29-18(26)22-10-34-14-33-9-21-12-39(28)17-37-15-36-16-38-19(27)23-11-35-13-32-8-20-7-31-30-6-2-4-25/h7,12,24-25H,1-6,8-11,13-17H2,(H,22,26)(H,23,27)/b20-7-,21-12+. The topological polar surface area (TPSA) is 174 Å². The molecule has 0 rings (SSSR count). The minimum atomic E-state index is -1.14. The zero-order chi connectivity index (χ0) is 28.7. The van der Waals surface area contributed by atoms with Crippen LogP contribution in [-0.2, 0) is 25.7 Å². The molecule has 2 amide bonds. The average molecular weight is 705 g/mol. The van der Waals surface area contributed by atoms with Gasteiger partial charge < -0.3 is 35.0 Å². The number of aliphatic imine (C=N–C) groups is 2. The van der Waals surface area contributed by atoms with Crippen LogP contribution in [0.3, 0.4) is 0 Å². The molecule has 1 unspecified atom stereocenters. The normalized spacial score (nSPS) is 12.2. The number of nitrogens with one attached hydrogen (secondary N) is 2. The summed E-state index contributed by atoms with van der Waals surface area (Å²) in [6.07, 6.45) is 1.66. The highest BCUT2D eigenvalue weighted by Crippen LogP contribution is 2.20. The van der Waals surface area contributed by atoms with Gasteiger partial charge in [0.05, 0.1) is 36.7 Å². The van der Waals surface area contributed by atoms with Crippen molar-refractivity contribution >= 4 is 117 Å². The van der Waals surface area contributed by atoms with Crippen LogP contribution in [0.4, 0.5) is 9.59 Å². The van der Waals surface area contributed by atoms with Crippen molar-refractivity contribution < 1.29 is 38.9 Å². The third-order valence-corrected chi connectivity index (χ3v) is 12.1. The molecule has 12 nitrogen and oxygen atoms in total. The van der Waals surface area contributed by atoms with E-state index < -0.39 is 17.3 Å². The summed E-state index contributed by atoms with van der Waals surface area (Å²) >= 11 is 9.44. The summed E-state index contributed by atoms with van der Waals surface area (Å²) in [4.78, 5) is 40.7. The largest absolute Gasteiger partial charge is 0.610 e. The van der Waals surface area contributed by atoms with Crippen LogP contribution in [-0.4, -0.2) is 113 Å². The third kappa shape index (κ3) is 32.9. The summed E-state index contributed by atoms with van der Waals surface area (Å²) < 4.78 is 16.8. The Morgan fingerprint density at radius 2 is 1.51 bits per heavy atom. The second-order valence-corrected chi connectivity index (χ2v) is 16.2. The number of thioether (sulfide) groups is 7. The molecule has 39 heavy (non-hydrogen) atoms. The second kappa shape index (κ2) is 33.0. The molecule has 0 fully saturated rings. The summed E-state index contributed by atoms with van der Waals surface area (Å²) in [6.45, 7) is 0.555. The van der Waals surface area contributed by atoms with Gasteiger partial charge in [0.15, 0.2) is 5.08 Å². The number of alkyl carbamates (subject to hydrolysis) is 1. The Bertz CT molecular complexity index is 646. The number of carbonyl (C=O) groups excluding carboxylic acids is 2. The molecule has 0 aliphatic heterocycles. The molecule has 1 atom stereocenters. The first-order valence-corrected chi connectivity index (χ1v) is 20.5. The van der Waals surface area contributed by atoms with Crippen LogP contribution in [0.15, 0.2) is 9.98 Å². The molecule has 20 heteroatoms. The van der Waals surface area contributed by atoms with E-state index in [1.807, 2.05) is 0 Å². The van der Waals surface area contributed by atoms with Gasteiger partial charge in [-0.15, -0.1) is 58.8 Å². The smallest absolute Gasteiger partial charge is 0.407 e. The molecular weight excluding hydrogens is 669 g/mol. The highest BCUT2D eigenvalue weighted by molar-refractivity contribution is 8.29. The first kappa shape index (κ1) is 39.5. The molecule has 0 bridgehead atoms. The van der Waals surface area contributed by atoms with Crippen molar-refractivity contribution in [1.29, 1.82) is 0 Å². The van der Waals surface area contributed by atoms with Gasteiger partial charge >= 0.3 is 6.09 Å². The second-order valence-electron chi connectivity index (χ2n) is 6.31. The van der Waals surface area contributed by atoms with Crippen molar-refractivity contribution in [1.82, 2.24) is 10.6 Å². The van der Waals surface area contributed by atoms with Gasteiger partial charge in [0.25, 0.3) is 5.24 Å². The van der Waals surface area contributed by atoms with E-state index in [1.165, 1.54) is 47.2 Å². The van der Waals surface area contributed by atoms with E-state index in [0.717, 1.165) is 15.3 Å². The molecule has 0 spiro atoms. The lowest BCUT2D eigenvalue weighted by molar-refractivity contribution is -0.217. The molecule has 0 saturated heterocycles. The number of ether oxygens (including phenoxy) is 1. The van der Waals surface area contributed by atoms with Gasteiger partial charge in [0, 0.05) is 51.1 Å². The molecule has 0 saturated carbocycles. The molecular formula is C19H36N4O8S8. The Labute approximate surface area is 262 Å². The Morgan fingerprint density at radius 1 is 0.846 bits per heavy atom. The number of rotatable bonds is 27. The van der Waals surface area contributed by atoms with Crippen LogP contribution in [0, 0.1) is 0 Å². The fourth-order valence-corrected chi connectivity index (χ4v) is 9.15. The van der Waals surface area contributed by atoms with Gasteiger partial charge in [-0.3, -0.25) is 4.79 Å². The van der Waals surface area contributed by atoms with Crippen molar-refractivity contribution in [3.8, 4) is 0 Å². The van der Waals surface area contributed by atoms with Crippen molar-refractivity contribution in [2.45, 2.75) is 12.8 Å². The summed E-state index contributed by atoms with van der Waals surface area (Å²) in [6, 6.07) is 0. The van der Waals surface area contributed by atoms with Crippen molar-refractivity contribution in [3.63, 3.8) is 0 Å². The quantitative estimate of drug-likeness (QED) is 0.0185. The van der Waals surface area contributed by atoms with E-state index in [2.05, 4.69) is 20.6 Å². The van der Waals surface area contributed by atoms with Gasteiger partial charge in [0.2, 0.25) is 11.9 Å². The molecule has 0 heterocycles. The first-order chi connectivity index (χ1) is 19.1. The number of aliphatic hydroxyl groups excluding tert-OH is 2. The molecule has 0 aromatic rings. The van der Waals surface area contributed by atoms with E-state index in [9.17, 15) is 14.1 Å². The lowest BCUT2D eigenvalue weighted by Gasteiger charge is -2.06. The van der Waals surface area contributed by atoms with Crippen molar-refractivity contribution in [2.75, 3.05) is 75.4 Å². The zero-order valence-corrected chi connectivity index (χ0v) is 27.8. The molecule has 0 radical (unpaired) electrons. The Kier molecular flexibility index (Phi) is 33.5. The maximum atomic E-state index is 11.9. The van der Waals surface area contributed by atoms with E-state index in [1.54, 1.807) is 47.0 Å². The number of carbonyl (C=O) groups is 2. The number of hydrogen-bond acceptors (Lipinski definition) is 17. The average Bonchev–Trinajstić information content (AvgIpc) is 2.92. The summed E-state index contributed by atoms with van der Waals surface area (Å²) in [5.74, 6) is 1.96. The lowest BCUT2D eigenvalue weighted by atomic mass is 10.5. The Hall–Kier alpha value is 0.520. The predicted octanol–water partition coefficient (Wildman–Crippen LogP) is 3.69. The van der Waals surface area contributed by atoms with Gasteiger partial charge in [-0.05, 0) is 6.42 Å². The lowest BCUT2D eigenvalue weighted by Crippen LogP contribution is -2.24. The molecule has 0 aromatic carbocycles. The minimum absolute atomic E-state index is 0.0107. The third-order valence-electron chi connectivity index (χ3n) is 3.24. The molecule has 4 N–H and O–H groups in total. The van der Waals surface area contributed by atoms with Crippen LogP contribution in [0.5, 0.6) is 0 Å². The zero-order valence-electron chi connectivity index (χ0n) is 21.3. The summed E-state index contributed by atoms with van der Waals surface area (Å²) in [5.41, 5.74) is 1.46. The van der Waals surface area contributed by atoms with E-state index in [-0.39, 0.29) is 25.1 Å². The Balaban J connectivity index is 3.42. The van der Waals surface area contributed by atoms with Gasteiger partial charge in [-0.2, -0.15) is 4.89 Å². The molecule has 0 aliphatic rings. The van der Waals surface area contributed by atoms with Crippen LogP contribution in [0.2, 0.25) is 0 Å². The van der Waals surface area contributed by atoms with Crippen LogP contribution < -0.4 is 10.6 Å². The number of hydrogen-bond donors (Lipinski definition) is 4. The highest BCUT2D eigenvalue weighted by Gasteiger charge is 2.05. The number of nitrogens with zero attached hydrogens (tertiary/aromatic N) is 2. The van der Waals surface area contributed by atoms with Crippen LogP contribution in [0.25, 0.3) is 0 Å². The van der Waals surface area contributed by atoms with Crippen molar-refractivity contribution in [2.24, 2.45) is 9.98 Å². The summed E-state index contributed by atoms with van der Waals surface area (Å²) in [7, 11) is 0. The van der Waals surface area contributed by atoms with E-state index in [4.69, 9.17) is 24.7 Å². The Morgan fingerprint density at radius 3 is 2.26 bits per heavy atom. The maximum absolute atomic E-state index is 11.9. The molecule has 0 aromatic heterocycles. The summed E-state index contributed by atoms with van der Waals surface area (Å²) in [5, 5.41) is 25.9. The van der Waals surface area contributed by atoms with Gasteiger partial charge in [-0.1, -0.05) is 23.5 Å². The van der Waals surface area contributed by atoms with E-state index in [0.29, 0.717) is 53.1 Å². The monoisotopic (exact) mass is 704 g/mol. The van der Waals surface area contributed by atoms with Gasteiger partial charge in [0.1, 0.15) is 0 Å².